The van der Waals surface area contributed by atoms with Crippen LogP contribution in [-0.4, -0.2) is 0 Å². The van der Waals surface area contributed by atoms with Crippen LogP contribution in [0, 0.1) is 0 Å². The monoisotopic (exact) mass is 1360 g/mol. The van der Waals surface area contributed by atoms with Crippen molar-refractivity contribution < 1.29 is 0 Å². The van der Waals surface area contributed by atoms with Crippen LogP contribution < -0.4 is 0 Å². The molecular weight excluding hydrogens is 1260 g/mol. The Morgan fingerprint density at radius 2 is 0.505 bits per heavy atom. The van der Waals surface area contributed by atoms with Crippen molar-refractivity contribution in [3.63, 3.8) is 0 Å². The van der Waals surface area contributed by atoms with E-state index in [9.17, 15) is 0 Å². The first-order valence-electron chi connectivity index (χ1n) is 40.1. The van der Waals surface area contributed by atoms with Crippen LogP contribution in [-0.2, 0) is 27.1 Å². The second kappa shape index (κ2) is 24.6. The fourth-order valence-corrected chi connectivity index (χ4v) is 21.2. The average Bonchev–Trinajstić information content (AvgIpc) is 1.51. The molecule has 5 aliphatic rings. The van der Waals surface area contributed by atoms with Crippen molar-refractivity contribution in [2.45, 2.75) is 186 Å². The Labute approximate surface area is 623 Å². The van der Waals surface area contributed by atoms with Gasteiger partial charge in [0.1, 0.15) is 0 Å². The van der Waals surface area contributed by atoms with Crippen molar-refractivity contribution in [3.05, 3.63) is 298 Å². The fourth-order valence-electron chi connectivity index (χ4n) is 21.2. The summed E-state index contributed by atoms with van der Waals surface area (Å²) in [5, 5.41) is 10.7. The summed E-state index contributed by atoms with van der Waals surface area (Å²) in [5.41, 5.74) is 38.4. The summed E-state index contributed by atoms with van der Waals surface area (Å²) in [4.78, 5) is 0. The lowest BCUT2D eigenvalue weighted by Gasteiger charge is -2.34. The quantitative estimate of drug-likeness (QED) is 0.0751. The summed E-state index contributed by atoms with van der Waals surface area (Å²) >= 11 is 0. The lowest BCUT2D eigenvalue weighted by molar-refractivity contribution is 0.398. The van der Waals surface area contributed by atoms with Gasteiger partial charge in [0, 0.05) is 27.1 Å². The number of unbranched alkanes of at least 4 members (excludes halogenated alkanes) is 10. The minimum Gasteiger partial charge on any atom is -0.0654 e. The molecule has 0 fully saturated rings. The van der Waals surface area contributed by atoms with Crippen LogP contribution >= 0.6 is 0 Å². The summed E-state index contributed by atoms with van der Waals surface area (Å²) < 4.78 is 0. The number of fused-ring (bicyclic) bond motifs is 23. The predicted octanol–water partition coefficient (Wildman–Crippen LogP) is 30.0. The molecule has 0 aromatic heterocycles. The first-order valence-corrected chi connectivity index (χ1v) is 40.1. The lowest BCUT2D eigenvalue weighted by Crippen LogP contribution is -2.26. The molecule has 105 heavy (non-hydrogen) atoms. The Kier molecular flexibility index (Phi) is 15.4. The standard InChI is InChI=1S/C105H98/c1-11-13-15-17-19-29-55-105(56-30-20-18-16-14-12-2)93-63-85-91(103(7,8)95-59-81(75-35-25-27-37-77(75)99(85)95)69-43-39-65(40-44-69)71-47-51-79-89(57-71)101(3,4)87-53-49-67-31-21-23-33-73(67)97(79)87)61-83(93)84-62-92-86(64-94(84)105)100-78-38-28-26-36-76(78)82(60-96(100)104(92,9)10)70-45-41-66(42-46-70)72-48-52-80-90(58-72)102(5,6)88-54-50-68-32-22-24-34-74(68)98(80)88/h21-28,31-54,57-64H,11-20,29-30,55-56H2,1-10H3. The molecule has 14 aromatic carbocycles. The van der Waals surface area contributed by atoms with E-state index in [2.05, 4.69) is 312 Å². The van der Waals surface area contributed by atoms with Gasteiger partial charge in [0.15, 0.2) is 0 Å². The van der Waals surface area contributed by atoms with Crippen molar-refractivity contribution >= 4 is 43.1 Å². The van der Waals surface area contributed by atoms with Gasteiger partial charge >= 0.3 is 0 Å². The maximum Gasteiger partial charge on any atom is 0.0215 e. The maximum absolute atomic E-state index is 2.80. The van der Waals surface area contributed by atoms with E-state index in [1.54, 1.807) is 11.1 Å². The molecule has 0 heterocycles. The summed E-state index contributed by atoms with van der Waals surface area (Å²) in [6.45, 7) is 24.5. The molecular formula is C105H98. The fraction of sp³-hybridized carbons (Fsp3) is 0.276. The molecule has 0 bridgehead atoms. The second-order valence-corrected chi connectivity index (χ2v) is 34.4. The number of rotatable bonds is 18. The molecule has 0 aliphatic heterocycles. The molecule has 0 spiro atoms. The molecule has 14 aromatic rings. The Morgan fingerprint density at radius 1 is 0.200 bits per heavy atom. The van der Waals surface area contributed by atoms with Crippen LogP contribution in [0.1, 0.15) is 215 Å². The van der Waals surface area contributed by atoms with E-state index in [1.165, 1.54) is 278 Å². The van der Waals surface area contributed by atoms with E-state index in [1.807, 2.05) is 0 Å². The second-order valence-electron chi connectivity index (χ2n) is 34.4. The van der Waals surface area contributed by atoms with Crippen LogP contribution in [0.15, 0.2) is 243 Å². The topological polar surface area (TPSA) is 0 Å². The molecule has 0 amide bonds. The Balaban J connectivity index is 0.710. The lowest BCUT2D eigenvalue weighted by atomic mass is 9.69. The Morgan fingerprint density at radius 3 is 0.914 bits per heavy atom. The molecule has 0 saturated heterocycles. The number of benzene rings is 14. The van der Waals surface area contributed by atoms with E-state index in [-0.39, 0.29) is 27.1 Å². The minimum atomic E-state index is -0.247. The van der Waals surface area contributed by atoms with E-state index in [0.29, 0.717) is 0 Å². The van der Waals surface area contributed by atoms with Gasteiger partial charge in [-0.2, -0.15) is 0 Å². The third-order valence-electron chi connectivity index (χ3n) is 27.1. The number of hydrogen-bond acceptors (Lipinski definition) is 0. The van der Waals surface area contributed by atoms with Gasteiger partial charge in [0.2, 0.25) is 0 Å². The van der Waals surface area contributed by atoms with Crippen molar-refractivity contribution in [2.75, 3.05) is 0 Å². The average molecular weight is 1360 g/mol. The van der Waals surface area contributed by atoms with Gasteiger partial charge in [-0.15, -0.1) is 0 Å². The van der Waals surface area contributed by atoms with Crippen molar-refractivity contribution in [2.24, 2.45) is 0 Å². The van der Waals surface area contributed by atoms with Gasteiger partial charge in [-0.25, -0.2) is 0 Å². The number of hydrogen-bond donors (Lipinski definition) is 0. The highest BCUT2D eigenvalue weighted by molar-refractivity contribution is 6.13. The van der Waals surface area contributed by atoms with E-state index in [4.69, 9.17) is 0 Å². The molecule has 0 N–H and O–H groups in total. The van der Waals surface area contributed by atoms with Gasteiger partial charge in [-0.1, -0.05) is 340 Å². The van der Waals surface area contributed by atoms with Crippen LogP contribution in [0.4, 0.5) is 0 Å². The van der Waals surface area contributed by atoms with E-state index in [0.717, 1.165) is 0 Å². The molecule has 0 nitrogen and oxygen atoms in total. The third-order valence-corrected chi connectivity index (χ3v) is 27.1. The van der Waals surface area contributed by atoms with Gasteiger partial charge in [-0.3, -0.25) is 0 Å². The van der Waals surface area contributed by atoms with Crippen molar-refractivity contribution in [1.82, 2.24) is 0 Å². The first-order chi connectivity index (χ1) is 51.0. The highest BCUT2D eigenvalue weighted by atomic mass is 14.5. The highest BCUT2D eigenvalue weighted by Crippen LogP contribution is 2.64. The molecule has 0 unspecified atom stereocenters. The van der Waals surface area contributed by atoms with E-state index >= 15 is 0 Å². The minimum absolute atomic E-state index is 0.0962. The summed E-state index contributed by atoms with van der Waals surface area (Å²) in [5.74, 6) is 0. The van der Waals surface area contributed by atoms with Crippen LogP contribution in [0.25, 0.3) is 143 Å². The van der Waals surface area contributed by atoms with Gasteiger partial charge in [-0.05, 0) is 260 Å². The van der Waals surface area contributed by atoms with Crippen molar-refractivity contribution in [1.29, 1.82) is 0 Å². The Hall–Kier alpha value is -9.88. The normalized spacial score (nSPS) is 15.7. The summed E-state index contributed by atoms with van der Waals surface area (Å²) in [6.07, 6.45) is 17.8. The Bertz CT molecular complexity index is 5550. The van der Waals surface area contributed by atoms with Gasteiger partial charge < -0.3 is 0 Å². The molecule has 5 aliphatic carbocycles. The molecule has 19 rings (SSSR count). The largest absolute Gasteiger partial charge is 0.0654 e. The van der Waals surface area contributed by atoms with Crippen LogP contribution in [0.3, 0.4) is 0 Å². The third kappa shape index (κ3) is 9.89. The first kappa shape index (κ1) is 65.9. The highest BCUT2D eigenvalue weighted by Gasteiger charge is 2.49. The molecule has 0 radical (unpaired) electrons. The van der Waals surface area contributed by atoms with Crippen LogP contribution in [0.2, 0.25) is 0 Å². The zero-order valence-corrected chi connectivity index (χ0v) is 63.5. The van der Waals surface area contributed by atoms with Gasteiger partial charge in [0.25, 0.3) is 0 Å². The predicted molar refractivity (Wildman–Crippen MR) is 451 cm³/mol. The zero-order valence-electron chi connectivity index (χ0n) is 63.5. The smallest absolute Gasteiger partial charge is 0.0215 e. The molecule has 518 valence electrons. The molecule has 0 heteroatoms. The summed E-state index contributed by atoms with van der Waals surface area (Å²) in [7, 11) is 0. The summed E-state index contributed by atoms with van der Waals surface area (Å²) in [6, 6.07) is 95.9. The van der Waals surface area contributed by atoms with Gasteiger partial charge in [0.05, 0.1) is 0 Å². The molecule has 0 atom stereocenters. The molecule has 0 saturated carbocycles. The van der Waals surface area contributed by atoms with Crippen LogP contribution in [0.5, 0.6) is 0 Å². The van der Waals surface area contributed by atoms with E-state index < -0.39 is 0 Å². The zero-order chi connectivity index (χ0) is 71.5. The van der Waals surface area contributed by atoms with Crippen molar-refractivity contribution in [3.8, 4) is 100 Å². The maximum atomic E-state index is 2.80. The SMILES string of the molecule is CCCCCCCCC1(CCCCCCCC)c2cc3c(cc2-c2cc4c(cc21)-c1c(cc(-c2ccc(-c5ccc6c(c5)C(C)(C)c5ccc7ccccc7c5-6)cc2)c2ccccc12)C4(C)C)C(C)(C)c1cc(-c2ccc(-c4ccc5c(c4)C(C)(C)c4ccc6ccccc6c4-5)cc2)c2ccccc2c1-3.